The molecular formula is C11H18N6O. The van der Waals surface area contributed by atoms with Gasteiger partial charge in [-0.2, -0.15) is 0 Å². The van der Waals surface area contributed by atoms with E-state index >= 15 is 0 Å². The molecule has 4 N–H and O–H groups in total. The van der Waals surface area contributed by atoms with Crippen LogP contribution >= 0.6 is 0 Å². The Morgan fingerprint density at radius 1 is 1.56 bits per heavy atom. The van der Waals surface area contributed by atoms with Crippen molar-refractivity contribution < 1.29 is 4.79 Å². The number of hydrogen-bond donors (Lipinski definition) is 3. The molecule has 0 bridgehead atoms. The number of carbonyl (C=O) groups excluding carboxylic acids is 1. The van der Waals surface area contributed by atoms with Crippen molar-refractivity contribution in [2.75, 3.05) is 30.0 Å². The Kier molecular flexibility index (Phi) is 3.93. The van der Waals surface area contributed by atoms with E-state index in [2.05, 4.69) is 20.7 Å². The van der Waals surface area contributed by atoms with Crippen LogP contribution in [0.4, 0.5) is 11.6 Å². The fourth-order valence-electron chi connectivity index (χ4n) is 1.88. The summed E-state index contributed by atoms with van der Waals surface area (Å²) in [4.78, 5) is 22.2. The van der Waals surface area contributed by atoms with Crippen molar-refractivity contribution in [1.82, 2.24) is 15.3 Å². The van der Waals surface area contributed by atoms with Crippen LogP contribution in [0.1, 0.15) is 19.2 Å². The summed E-state index contributed by atoms with van der Waals surface area (Å²) < 4.78 is 0. The SMILES string of the molecule is CCc1nc(NN)cc(N2CCCNC(=O)C2)n1. The van der Waals surface area contributed by atoms with Crippen LogP contribution in [0, 0.1) is 0 Å². The molecule has 1 aliphatic heterocycles. The van der Waals surface area contributed by atoms with E-state index < -0.39 is 0 Å². The fraction of sp³-hybridized carbons (Fsp3) is 0.545. The van der Waals surface area contributed by atoms with E-state index in [9.17, 15) is 4.79 Å². The molecule has 1 fully saturated rings. The number of aryl methyl sites for hydroxylation is 1. The lowest BCUT2D eigenvalue weighted by Gasteiger charge is -2.21. The first-order valence-electron chi connectivity index (χ1n) is 6.09. The van der Waals surface area contributed by atoms with Gasteiger partial charge in [-0.25, -0.2) is 15.8 Å². The molecule has 1 aliphatic rings. The van der Waals surface area contributed by atoms with Crippen molar-refractivity contribution in [2.24, 2.45) is 5.84 Å². The molecule has 7 heteroatoms. The number of nitrogens with zero attached hydrogens (tertiary/aromatic N) is 3. The molecule has 1 amide bonds. The maximum Gasteiger partial charge on any atom is 0.239 e. The van der Waals surface area contributed by atoms with Gasteiger partial charge < -0.3 is 15.6 Å². The normalized spacial score (nSPS) is 16.1. The van der Waals surface area contributed by atoms with E-state index in [1.54, 1.807) is 6.07 Å². The molecule has 0 spiro atoms. The highest BCUT2D eigenvalue weighted by Crippen LogP contribution is 2.16. The van der Waals surface area contributed by atoms with Crippen LogP contribution < -0.4 is 21.5 Å². The van der Waals surface area contributed by atoms with Crippen molar-refractivity contribution in [2.45, 2.75) is 19.8 Å². The van der Waals surface area contributed by atoms with Gasteiger partial charge >= 0.3 is 0 Å². The van der Waals surface area contributed by atoms with E-state index in [1.165, 1.54) is 0 Å². The van der Waals surface area contributed by atoms with Gasteiger partial charge in [-0.15, -0.1) is 0 Å². The zero-order valence-electron chi connectivity index (χ0n) is 10.4. The van der Waals surface area contributed by atoms with E-state index in [1.807, 2.05) is 11.8 Å². The fourth-order valence-corrected chi connectivity index (χ4v) is 1.88. The lowest BCUT2D eigenvalue weighted by atomic mass is 10.3. The molecule has 1 saturated heterocycles. The molecule has 1 aromatic rings. The van der Waals surface area contributed by atoms with Crippen LogP contribution in [-0.4, -0.2) is 35.5 Å². The molecule has 0 unspecified atom stereocenters. The molecule has 2 rings (SSSR count). The van der Waals surface area contributed by atoms with Gasteiger partial charge in [0.25, 0.3) is 0 Å². The molecule has 1 aromatic heterocycles. The zero-order chi connectivity index (χ0) is 13.0. The summed E-state index contributed by atoms with van der Waals surface area (Å²) >= 11 is 0. The number of hydrogen-bond acceptors (Lipinski definition) is 6. The summed E-state index contributed by atoms with van der Waals surface area (Å²) in [7, 11) is 0. The minimum atomic E-state index is 0.0198. The van der Waals surface area contributed by atoms with Crippen LogP contribution in [0.25, 0.3) is 0 Å². The van der Waals surface area contributed by atoms with Gasteiger partial charge in [-0.1, -0.05) is 6.92 Å². The van der Waals surface area contributed by atoms with E-state index in [4.69, 9.17) is 5.84 Å². The molecule has 98 valence electrons. The Balaban J connectivity index is 2.27. The summed E-state index contributed by atoms with van der Waals surface area (Å²) in [6.07, 6.45) is 1.63. The smallest absolute Gasteiger partial charge is 0.239 e. The average molecular weight is 250 g/mol. The van der Waals surface area contributed by atoms with Crippen molar-refractivity contribution in [1.29, 1.82) is 0 Å². The number of amides is 1. The third-order valence-electron chi connectivity index (χ3n) is 2.81. The molecule has 18 heavy (non-hydrogen) atoms. The number of anilines is 2. The summed E-state index contributed by atoms with van der Waals surface area (Å²) in [5.41, 5.74) is 2.53. The van der Waals surface area contributed by atoms with Gasteiger partial charge in [0.1, 0.15) is 17.5 Å². The third kappa shape index (κ3) is 2.86. The van der Waals surface area contributed by atoms with Gasteiger partial charge in [0, 0.05) is 25.6 Å². The van der Waals surface area contributed by atoms with E-state index in [-0.39, 0.29) is 5.91 Å². The monoisotopic (exact) mass is 250 g/mol. The average Bonchev–Trinajstić information content (AvgIpc) is 2.62. The molecule has 0 radical (unpaired) electrons. The quantitative estimate of drug-likeness (QED) is 0.501. The minimum Gasteiger partial charge on any atom is -0.354 e. The van der Waals surface area contributed by atoms with Gasteiger partial charge in [-0.05, 0) is 6.42 Å². The Morgan fingerprint density at radius 3 is 3.11 bits per heavy atom. The van der Waals surface area contributed by atoms with Crippen molar-refractivity contribution in [3.8, 4) is 0 Å². The summed E-state index contributed by atoms with van der Waals surface area (Å²) in [5.74, 6) is 7.44. The summed E-state index contributed by atoms with van der Waals surface area (Å²) in [5, 5.41) is 2.84. The number of carbonyl (C=O) groups is 1. The van der Waals surface area contributed by atoms with Crippen molar-refractivity contribution >= 4 is 17.5 Å². The maximum atomic E-state index is 11.5. The minimum absolute atomic E-state index is 0.0198. The van der Waals surface area contributed by atoms with Crippen molar-refractivity contribution in [3.05, 3.63) is 11.9 Å². The Morgan fingerprint density at radius 2 is 2.39 bits per heavy atom. The lowest BCUT2D eigenvalue weighted by Crippen LogP contribution is -2.33. The van der Waals surface area contributed by atoms with Gasteiger partial charge in [0.2, 0.25) is 5.91 Å². The standard InChI is InChI=1S/C11H18N6O/c1-2-8-14-9(16-12)6-10(15-8)17-5-3-4-13-11(18)7-17/h6H,2-5,7,12H2,1H3,(H,13,18)(H,14,15,16). The molecule has 7 nitrogen and oxygen atoms in total. The number of nitrogen functional groups attached to an aromatic ring is 1. The predicted molar refractivity (Wildman–Crippen MR) is 69.1 cm³/mol. The maximum absolute atomic E-state index is 11.5. The molecular weight excluding hydrogens is 232 g/mol. The van der Waals surface area contributed by atoms with Gasteiger partial charge in [0.15, 0.2) is 0 Å². The molecule has 2 heterocycles. The number of aromatic nitrogens is 2. The highest BCUT2D eigenvalue weighted by Gasteiger charge is 2.17. The molecule has 0 saturated carbocycles. The molecule has 0 aromatic carbocycles. The topological polar surface area (TPSA) is 96.2 Å². The van der Waals surface area contributed by atoms with Crippen molar-refractivity contribution in [3.63, 3.8) is 0 Å². The highest BCUT2D eigenvalue weighted by atomic mass is 16.2. The number of hydrazine groups is 1. The number of rotatable bonds is 3. The predicted octanol–water partition coefficient (Wildman–Crippen LogP) is -0.349. The first-order chi connectivity index (χ1) is 8.72. The van der Waals surface area contributed by atoms with Crippen LogP contribution in [0.15, 0.2) is 6.07 Å². The lowest BCUT2D eigenvalue weighted by molar-refractivity contribution is -0.119. The van der Waals surface area contributed by atoms with E-state index in [0.717, 1.165) is 25.2 Å². The Labute approximate surface area is 106 Å². The van der Waals surface area contributed by atoms with E-state index in [0.29, 0.717) is 24.7 Å². The number of nitrogens with one attached hydrogen (secondary N) is 2. The molecule has 0 aliphatic carbocycles. The summed E-state index contributed by atoms with van der Waals surface area (Å²) in [6, 6.07) is 1.76. The third-order valence-corrected chi connectivity index (χ3v) is 2.81. The second-order valence-electron chi connectivity index (χ2n) is 4.15. The highest BCUT2D eigenvalue weighted by molar-refractivity contribution is 5.81. The van der Waals surface area contributed by atoms with Gasteiger partial charge in [-0.3, -0.25) is 4.79 Å². The largest absolute Gasteiger partial charge is 0.354 e. The van der Waals surface area contributed by atoms with Crippen LogP contribution in [0.3, 0.4) is 0 Å². The Hall–Kier alpha value is -1.89. The second-order valence-corrected chi connectivity index (χ2v) is 4.15. The first-order valence-corrected chi connectivity index (χ1v) is 6.09. The Bertz CT molecular complexity index is 413. The second kappa shape index (κ2) is 5.63. The summed E-state index contributed by atoms with van der Waals surface area (Å²) in [6.45, 7) is 3.81. The van der Waals surface area contributed by atoms with Gasteiger partial charge in [0.05, 0.1) is 6.54 Å². The van der Waals surface area contributed by atoms with Crippen LogP contribution in [0.2, 0.25) is 0 Å². The van der Waals surface area contributed by atoms with Crippen LogP contribution in [-0.2, 0) is 11.2 Å². The number of nitrogens with two attached hydrogens (primary N) is 1. The molecule has 0 atom stereocenters. The zero-order valence-corrected chi connectivity index (χ0v) is 10.4. The first kappa shape index (κ1) is 12.6. The van der Waals surface area contributed by atoms with Crippen LogP contribution in [0.5, 0.6) is 0 Å².